The quantitative estimate of drug-likeness (QED) is 0.488. The Morgan fingerprint density at radius 2 is 2.40 bits per heavy atom. The lowest BCUT2D eigenvalue weighted by molar-refractivity contribution is -0.142. The van der Waals surface area contributed by atoms with Gasteiger partial charge in [0.15, 0.2) is 0 Å². The largest absolute Gasteiger partial charge is 0.468 e. The molecule has 1 fully saturated rings. The van der Waals surface area contributed by atoms with Crippen LogP contribution in [0.1, 0.15) is 12.8 Å². The predicted molar refractivity (Wildman–Crippen MR) is 36.7 cm³/mol. The lowest BCUT2D eigenvalue weighted by Gasteiger charge is -2.04. The van der Waals surface area contributed by atoms with Crippen LogP contribution in [0.15, 0.2) is 0 Å². The number of esters is 1. The highest BCUT2D eigenvalue weighted by Gasteiger charge is 2.21. The first-order valence-electron chi connectivity index (χ1n) is 3.16. The maximum absolute atomic E-state index is 10.7. The average Bonchev–Trinajstić information content (AvgIpc) is 2.37. The maximum atomic E-state index is 10.7. The first-order valence-corrected chi connectivity index (χ1v) is 3.16. The van der Waals surface area contributed by atoms with Crippen molar-refractivity contribution in [3.05, 3.63) is 0 Å². The van der Waals surface area contributed by atoms with E-state index in [2.05, 4.69) is 10.1 Å². The molecule has 10 heavy (non-hydrogen) atoms. The molecule has 1 saturated heterocycles. The fourth-order valence-corrected chi connectivity index (χ4v) is 1.03. The van der Waals surface area contributed by atoms with E-state index in [0.29, 0.717) is 0 Å². The summed E-state index contributed by atoms with van der Waals surface area (Å²) in [4.78, 5) is 10.7. The lowest BCUT2D eigenvalue weighted by Crippen LogP contribution is -2.31. The molecule has 1 rings (SSSR count). The van der Waals surface area contributed by atoms with E-state index in [-0.39, 0.29) is 17.5 Å². The maximum Gasteiger partial charge on any atom is 0.322 e. The van der Waals surface area contributed by atoms with Crippen LogP contribution >= 0.6 is 0 Å². The molecule has 0 aliphatic carbocycles. The molecule has 1 heterocycles. The van der Waals surface area contributed by atoms with Crippen LogP contribution in [-0.2, 0) is 9.53 Å². The molecule has 60 valence electrons. The van der Waals surface area contributed by atoms with Gasteiger partial charge in [0.2, 0.25) is 0 Å². The Kier molecular flexibility index (Phi) is 3.99. The lowest BCUT2D eigenvalue weighted by atomic mass is 10.2. The van der Waals surface area contributed by atoms with Gasteiger partial charge in [-0.2, -0.15) is 0 Å². The second kappa shape index (κ2) is 4.24. The van der Waals surface area contributed by atoms with Crippen molar-refractivity contribution in [1.82, 2.24) is 5.32 Å². The van der Waals surface area contributed by atoms with E-state index in [1.807, 2.05) is 0 Å². The third-order valence-electron chi connectivity index (χ3n) is 1.55. The first kappa shape index (κ1) is 9.39. The van der Waals surface area contributed by atoms with Crippen LogP contribution < -0.4 is 5.32 Å². The van der Waals surface area contributed by atoms with Gasteiger partial charge in [-0.3, -0.25) is 4.79 Å². The summed E-state index contributed by atoms with van der Waals surface area (Å²) in [5.74, 6) is -0.132. The summed E-state index contributed by atoms with van der Waals surface area (Å²) >= 11 is 0. The molecule has 1 atom stereocenters. The summed E-state index contributed by atoms with van der Waals surface area (Å²) in [6.45, 7) is 0.944. The molecule has 1 aliphatic rings. The summed E-state index contributed by atoms with van der Waals surface area (Å²) in [5, 5.41) is 3.03. The molecule has 0 aromatic heterocycles. The number of nitrogens with one attached hydrogen (secondary N) is 1. The Morgan fingerprint density at radius 1 is 1.70 bits per heavy atom. The zero-order valence-electron chi connectivity index (χ0n) is 6.02. The van der Waals surface area contributed by atoms with Crippen molar-refractivity contribution >= 4 is 5.97 Å². The smallest absolute Gasteiger partial charge is 0.322 e. The molecular formula is C6H13NO3. The monoisotopic (exact) mass is 147 g/mol. The summed E-state index contributed by atoms with van der Waals surface area (Å²) < 4.78 is 4.53. The van der Waals surface area contributed by atoms with Gasteiger partial charge in [-0.05, 0) is 19.4 Å². The van der Waals surface area contributed by atoms with Gasteiger partial charge in [-0.25, -0.2) is 0 Å². The van der Waals surface area contributed by atoms with Crippen molar-refractivity contribution in [2.24, 2.45) is 0 Å². The highest BCUT2D eigenvalue weighted by atomic mass is 16.5. The first-order chi connectivity index (χ1) is 4.34. The zero-order valence-corrected chi connectivity index (χ0v) is 6.02. The molecule has 0 amide bonds. The van der Waals surface area contributed by atoms with Crippen molar-refractivity contribution in [1.29, 1.82) is 0 Å². The second-order valence-electron chi connectivity index (χ2n) is 2.17. The van der Waals surface area contributed by atoms with Gasteiger partial charge in [-0.1, -0.05) is 0 Å². The van der Waals surface area contributed by atoms with Crippen LogP contribution in [0, 0.1) is 0 Å². The van der Waals surface area contributed by atoms with Crippen LogP contribution in [0.2, 0.25) is 0 Å². The topological polar surface area (TPSA) is 69.8 Å². The minimum Gasteiger partial charge on any atom is -0.468 e. The summed E-state index contributed by atoms with van der Waals surface area (Å²) in [6, 6.07) is -0.0324. The third-order valence-corrected chi connectivity index (χ3v) is 1.55. The van der Waals surface area contributed by atoms with Crippen LogP contribution in [0.25, 0.3) is 0 Å². The molecule has 0 aromatic rings. The number of carbonyl (C=O) groups is 1. The fraction of sp³-hybridized carbons (Fsp3) is 0.833. The van der Waals surface area contributed by atoms with E-state index in [1.165, 1.54) is 7.11 Å². The third kappa shape index (κ3) is 1.97. The predicted octanol–water partition coefficient (Wildman–Crippen LogP) is -0.913. The molecule has 0 bridgehead atoms. The van der Waals surface area contributed by atoms with Gasteiger partial charge in [0.25, 0.3) is 0 Å². The van der Waals surface area contributed by atoms with Crippen molar-refractivity contribution < 1.29 is 15.0 Å². The van der Waals surface area contributed by atoms with Gasteiger partial charge in [0.05, 0.1) is 7.11 Å². The van der Waals surface area contributed by atoms with Crippen LogP contribution in [0.5, 0.6) is 0 Å². The van der Waals surface area contributed by atoms with Gasteiger partial charge in [-0.15, -0.1) is 0 Å². The zero-order chi connectivity index (χ0) is 6.69. The Morgan fingerprint density at radius 3 is 2.80 bits per heavy atom. The van der Waals surface area contributed by atoms with E-state index in [4.69, 9.17) is 0 Å². The number of rotatable bonds is 1. The van der Waals surface area contributed by atoms with Gasteiger partial charge in [0.1, 0.15) is 6.04 Å². The number of hydrogen-bond donors (Lipinski definition) is 1. The summed E-state index contributed by atoms with van der Waals surface area (Å²) in [7, 11) is 1.42. The average molecular weight is 147 g/mol. The Hall–Kier alpha value is -0.610. The summed E-state index contributed by atoms with van der Waals surface area (Å²) in [5.41, 5.74) is 0. The van der Waals surface area contributed by atoms with Crippen LogP contribution in [-0.4, -0.2) is 31.1 Å². The van der Waals surface area contributed by atoms with Crippen molar-refractivity contribution in [2.75, 3.05) is 13.7 Å². The van der Waals surface area contributed by atoms with Crippen molar-refractivity contribution in [3.63, 3.8) is 0 Å². The highest BCUT2D eigenvalue weighted by molar-refractivity contribution is 5.75. The molecular weight excluding hydrogens is 134 g/mol. The number of ether oxygens (including phenoxy) is 1. The Bertz CT molecular complexity index is 110. The number of hydrogen-bond acceptors (Lipinski definition) is 3. The highest BCUT2D eigenvalue weighted by Crippen LogP contribution is 2.05. The molecule has 3 N–H and O–H groups in total. The van der Waals surface area contributed by atoms with Gasteiger partial charge in [0, 0.05) is 0 Å². The molecule has 0 spiro atoms. The SMILES string of the molecule is COC(=O)[C@@H]1CCCN1.O. The van der Waals surface area contributed by atoms with Crippen molar-refractivity contribution in [2.45, 2.75) is 18.9 Å². The molecule has 0 saturated carbocycles. The number of methoxy groups -OCH3 is 1. The van der Waals surface area contributed by atoms with Crippen LogP contribution in [0.3, 0.4) is 0 Å². The van der Waals surface area contributed by atoms with Crippen LogP contribution in [0.4, 0.5) is 0 Å². The minimum absolute atomic E-state index is 0. The standard InChI is InChI=1S/C6H11NO2.H2O/c1-9-6(8)5-3-2-4-7-5;/h5,7H,2-4H2,1H3;1H2/t5-;/m0./s1. The second-order valence-corrected chi connectivity index (χ2v) is 2.17. The summed E-state index contributed by atoms with van der Waals surface area (Å²) in [6.07, 6.45) is 2.01. The molecule has 4 nitrogen and oxygen atoms in total. The fourth-order valence-electron chi connectivity index (χ4n) is 1.03. The van der Waals surface area contributed by atoms with Crippen molar-refractivity contribution in [3.8, 4) is 0 Å². The van der Waals surface area contributed by atoms with E-state index in [9.17, 15) is 4.79 Å². The van der Waals surface area contributed by atoms with E-state index < -0.39 is 0 Å². The van der Waals surface area contributed by atoms with E-state index in [0.717, 1.165) is 19.4 Å². The molecule has 1 aliphatic heterocycles. The van der Waals surface area contributed by atoms with Gasteiger partial charge < -0.3 is 15.5 Å². The van der Waals surface area contributed by atoms with E-state index >= 15 is 0 Å². The normalized spacial score (nSPS) is 23.5. The molecule has 0 radical (unpaired) electrons. The molecule has 0 aromatic carbocycles. The number of carbonyl (C=O) groups excluding carboxylic acids is 1. The molecule has 4 heteroatoms. The molecule has 0 unspecified atom stereocenters. The Balaban J connectivity index is 0.000000810. The Labute approximate surface area is 59.9 Å². The minimum atomic E-state index is -0.132. The van der Waals surface area contributed by atoms with Gasteiger partial charge >= 0.3 is 5.97 Å². The van der Waals surface area contributed by atoms with E-state index in [1.54, 1.807) is 0 Å².